The highest BCUT2D eigenvalue weighted by molar-refractivity contribution is 7.81. The fourth-order valence-electron chi connectivity index (χ4n) is 4.96. The van der Waals surface area contributed by atoms with E-state index < -0.39 is 60.0 Å². The van der Waals surface area contributed by atoms with E-state index in [2.05, 4.69) is 20.6 Å². The molecule has 2 heterocycles. The number of aliphatic imine (C=N–C) groups is 1. The second-order valence-electron chi connectivity index (χ2n) is 10.2. The highest BCUT2D eigenvalue weighted by Crippen LogP contribution is 2.30. The van der Waals surface area contributed by atoms with Crippen LogP contribution in [0.25, 0.3) is 0 Å². The Labute approximate surface area is 234 Å². The Morgan fingerprint density at radius 2 is 1.95 bits per heavy atom. The van der Waals surface area contributed by atoms with Crippen molar-refractivity contribution in [3.8, 4) is 0 Å². The van der Waals surface area contributed by atoms with Crippen molar-refractivity contribution >= 4 is 40.4 Å². The number of pyridine rings is 1. The number of aliphatic hydroxyl groups excluding tert-OH is 1. The summed E-state index contributed by atoms with van der Waals surface area (Å²) >= 11 is 5.48. The standard InChI is InChI=1S/C26H34F5N5O3S/c1-4-19(26(29,30)31)35-20-11-15(23(27)28)16(12-32-20)22(40)21(25(39)36-10-6-7-13(36)2)33-14(3)24(38)34-17-8-5-9-18(17)37/h11-13,17-19,21,23,37H,4-10H2,1-3H3,(H,32,35)(H,34,38)/b33-14+/t13-,17-,18-,19-,21?/m0/s1. The zero-order chi connectivity index (χ0) is 29.8. The summed E-state index contributed by atoms with van der Waals surface area (Å²) in [6.45, 7) is 4.87. The van der Waals surface area contributed by atoms with Crippen molar-refractivity contribution in [1.29, 1.82) is 0 Å². The van der Waals surface area contributed by atoms with Crippen LogP contribution in [0.3, 0.4) is 0 Å². The van der Waals surface area contributed by atoms with Crippen LogP contribution in [0.15, 0.2) is 17.3 Å². The van der Waals surface area contributed by atoms with Crippen molar-refractivity contribution < 1.29 is 36.6 Å². The Bertz CT molecular complexity index is 1130. The molecule has 1 aromatic heterocycles. The van der Waals surface area contributed by atoms with E-state index >= 15 is 0 Å². The average Bonchev–Trinajstić information content (AvgIpc) is 3.51. The van der Waals surface area contributed by atoms with E-state index in [0.717, 1.165) is 31.5 Å². The SMILES string of the molecule is CC[C@H](Nc1cc(C(F)F)c(C(=S)C(/N=C(\C)C(=O)N[C@H]2CCC[C@@H]2O)C(=O)N2CCC[C@@H]2C)cn1)C(F)(F)F. The molecule has 0 radical (unpaired) electrons. The van der Waals surface area contributed by atoms with Crippen LogP contribution in [0.2, 0.25) is 0 Å². The van der Waals surface area contributed by atoms with Crippen LogP contribution in [0.4, 0.5) is 27.8 Å². The molecule has 222 valence electrons. The zero-order valence-electron chi connectivity index (χ0n) is 22.5. The van der Waals surface area contributed by atoms with Gasteiger partial charge in [0.05, 0.1) is 22.7 Å². The predicted octanol–water partition coefficient (Wildman–Crippen LogP) is 4.36. The third kappa shape index (κ3) is 7.50. The number of halogens is 5. The number of nitrogens with one attached hydrogen (secondary N) is 2. The summed E-state index contributed by atoms with van der Waals surface area (Å²) in [6.07, 6.45) is -4.65. The maximum Gasteiger partial charge on any atom is 0.408 e. The van der Waals surface area contributed by atoms with Gasteiger partial charge in [0.2, 0.25) is 0 Å². The van der Waals surface area contributed by atoms with Crippen LogP contribution in [0.1, 0.15) is 76.8 Å². The van der Waals surface area contributed by atoms with E-state index in [1.807, 2.05) is 6.92 Å². The average molecular weight is 592 g/mol. The lowest BCUT2D eigenvalue weighted by Gasteiger charge is -2.27. The molecule has 2 aliphatic rings. The second-order valence-corrected chi connectivity index (χ2v) is 10.6. The molecule has 1 aliphatic heterocycles. The number of hydrogen-bond donors (Lipinski definition) is 3. The van der Waals surface area contributed by atoms with Crippen LogP contribution in [-0.2, 0) is 9.59 Å². The summed E-state index contributed by atoms with van der Waals surface area (Å²) in [5.41, 5.74) is -1.16. The number of alkyl halides is 5. The largest absolute Gasteiger partial charge is 0.408 e. The van der Waals surface area contributed by atoms with Crippen molar-refractivity contribution in [2.45, 2.75) is 102 Å². The number of amides is 2. The van der Waals surface area contributed by atoms with E-state index in [4.69, 9.17) is 12.2 Å². The van der Waals surface area contributed by atoms with Gasteiger partial charge in [0, 0.05) is 29.9 Å². The molecule has 3 N–H and O–H groups in total. The van der Waals surface area contributed by atoms with Gasteiger partial charge in [-0.2, -0.15) is 13.2 Å². The molecule has 1 aliphatic carbocycles. The molecule has 0 spiro atoms. The van der Waals surface area contributed by atoms with Crippen LogP contribution in [0, 0.1) is 0 Å². The second kappa shape index (κ2) is 13.3. The smallest absolute Gasteiger partial charge is 0.391 e. The molecule has 5 atom stereocenters. The summed E-state index contributed by atoms with van der Waals surface area (Å²) < 4.78 is 68.0. The van der Waals surface area contributed by atoms with Gasteiger partial charge in [0.1, 0.15) is 11.9 Å². The van der Waals surface area contributed by atoms with E-state index in [-0.39, 0.29) is 28.6 Å². The Kier molecular flexibility index (Phi) is 10.6. The molecule has 1 unspecified atom stereocenters. The van der Waals surface area contributed by atoms with Gasteiger partial charge >= 0.3 is 6.18 Å². The molecule has 1 saturated heterocycles. The minimum atomic E-state index is -4.62. The number of carbonyl (C=O) groups excluding carboxylic acids is 2. The Balaban J connectivity index is 1.97. The van der Waals surface area contributed by atoms with E-state index in [9.17, 15) is 36.6 Å². The number of thiocarbonyl (C=S) groups is 1. The number of aliphatic hydroxyl groups is 1. The quantitative estimate of drug-likeness (QED) is 0.162. The first-order valence-electron chi connectivity index (χ1n) is 13.2. The Morgan fingerprint density at radius 3 is 2.48 bits per heavy atom. The first kappa shape index (κ1) is 31.8. The number of likely N-dealkylation sites (tertiary alicyclic amines) is 1. The van der Waals surface area contributed by atoms with Crippen molar-refractivity contribution in [2.75, 3.05) is 11.9 Å². The third-order valence-corrected chi connectivity index (χ3v) is 7.77. The highest BCUT2D eigenvalue weighted by Gasteiger charge is 2.39. The number of anilines is 1. The maximum atomic E-state index is 14.1. The topological polar surface area (TPSA) is 107 Å². The van der Waals surface area contributed by atoms with E-state index in [1.54, 1.807) is 0 Å². The van der Waals surface area contributed by atoms with Crippen molar-refractivity contribution in [2.24, 2.45) is 4.99 Å². The molecule has 3 rings (SSSR count). The lowest BCUT2D eigenvalue weighted by molar-refractivity contribution is -0.143. The van der Waals surface area contributed by atoms with Crippen molar-refractivity contribution in [1.82, 2.24) is 15.2 Å². The number of carbonyl (C=O) groups is 2. The molecule has 14 heteroatoms. The maximum absolute atomic E-state index is 14.1. The predicted molar refractivity (Wildman–Crippen MR) is 144 cm³/mol. The van der Waals surface area contributed by atoms with Gasteiger partial charge in [0.15, 0.2) is 6.04 Å². The minimum Gasteiger partial charge on any atom is -0.391 e. The molecule has 8 nitrogen and oxygen atoms in total. The summed E-state index contributed by atoms with van der Waals surface area (Å²) in [4.78, 5) is 35.8. The molecule has 0 aromatic carbocycles. The number of rotatable bonds is 10. The first-order chi connectivity index (χ1) is 18.7. The van der Waals surface area contributed by atoms with Gasteiger partial charge in [0.25, 0.3) is 18.2 Å². The first-order valence-corrected chi connectivity index (χ1v) is 13.6. The summed E-state index contributed by atoms with van der Waals surface area (Å²) in [5, 5.41) is 14.8. The third-order valence-electron chi connectivity index (χ3n) is 7.33. The summed E-state index contributed by atoms with van der Waals surface area (Å²) in [5.74, 6) is -1.63. The fourth-order valence-corrected chi connectivity index (χ4v) is 5.28. The molecule has 1 saturated carbocycles. The molecule has 2 amide bonds. The van der Waals surface area contributed by atoms with Crippen molar-refractivity contribution in [3.63, 3.8) is 0 Å². The Morgan fingerprint density at radius 1 is 1.25 bits per heavy atom. The molecule has 0 bridgehead atoms. The summed E-state index contributed by atoms with van der Waals surface area (Å²) in [7, 11) is 0. The molecule has 40 heavy (non-hydrogen) atoms. The van der Waals surface area contributed by atoms with Gasteiger partial charge in [-0.1, -0.05) is 19.1 Å². The minimum absolute atomic E-state index is 0.132. The number of nitrogens with zero attached hydrogens (tertiary/aromatic N) is 3. The molecular weight excluding hydrogens is 557 g/mol. The number of hydrogen-bond acceptors (Lipinski definition) is 7. The van der Waals surface area contributed by atoms with Gasteiger partial charge < -0.3 is 20.6 Å². The van der Waals surface area contributed by atoms with E-state index in [0.29, 0.717) is 19.4 Å². The van der Waals surface area contributed by atoms with Crippen LogP contribution < -0.4 is 10.6 Å². The molecule has 1 aromatic rings. The summed E-state index contributed by atoms with van der Waals surface area (Å²) in [6, 6.07) is -3.38. The number of aromatic nitrogens is 1. The van der Waals surface area contributed by atoms with Gasteiger partial charge in [-0.15, -0.1) is 0 Å². The fraction of sp³-hybridized carbons (Fsp3) is 0.654. The van der Waals surface area contributed by atoms with Crippen LogP contribution >= 0.6 is 12.2 Å². The molecule has 2 fully saturated rings. The van der Waals surface area contributed by atoms with E-state index in [1.165, 1.54) is 18.7 Å². The highest BCUT2D eigenvalue weighted by atomic mass is 32.1. The van der Waals surface area contributed by atoms with Crippen LogP contribution in [0.5, 0.6) is 0 Å². The van der Waals surface area contributed by atoms with Crippen molar-refractivity contribution in [3.05, 3.63) is 23.4 Å². The Hall–Kier alpha value is -2.74. The molecular formula is C26H34F5N5O3S. The van der Waals surface area contributed by atoms with Gasteiger partial charge in [-0.05, 0) is 58.4 Å². The zero-order valence-corrected chi connectivity index (χ0v) is 23.3. The van der Waals surface area contributed by atoms with Gasteiger partial charge in [-0.3, -0.25) is 14.6 Å². The lowest BCUT2D eigenvalue weighted by atomic mass is 10.0. The normalized spacial score (nSPS) is 23.3. The lowest BCUT2D eigenvalue weighted by Crippen LogP contribution is -2.46. The van der Waals surface area contributed by atoms with Crippen LogP contribution in [-0.4, -0.2) is 80.4 Å². The van der Waals surface area contributed by atoms with Gasteiger partial charge in [-0.25, -0.2) is 13.8 Å². The monoisotopic (exact) mass is 591 g/mol.